The highest BCUT2D eigenvalue weighted by molar-refractivity contribution is 6.00. The predicted molar refractivity (Wildman–Crippen MR) is 225 cm³/mol. The van der Waals surface area contributed by atoms with Crippen molar-refractivity contribution in [2.75, 3.05) is 26.2 Å². The average Bonchev–Trinajstić information content (AvgIpc) is 3.19. The topological polar surface area (TPSA) is 236 Å². The zero-order chi connectivity index (χ0) is 46.5. The molecule has 0 aliphatic heterocycles. The van der Waals surface area contributed by atoms with E-state index in [1.54, 1.807) is 4.90 Å². The number of carbonyl (C=O) groups excluding carboxylic acids is 9. The summed E-state index contributed by atoms with van der Waals surface area (Å²) in [5.74, 6) is -6.30. The lowest BCUT2D eigenvalue weighted by atomic mass is 10.1. The number of nitrogens with one attached hydrogen (secondary N) is 2. The maximum absolute atomic E-state index is 14.1. The molecule has 0 fully saturated rings. The molecule has 3 aromatic rings. The van der Waals surface area contributed by atoms with Gasteiger partial charge in [-0.15, -0.1) is 0 Å². The van der Waals surface area contributed by atoms with E-state index in [-0.39, 0.29) is 64.3 Å². The first-order chi connectivity index (χ1) is 30.0. The van der Waals surface area contributed by atoms with Gasteiger partial charge in [-0.3, -0.25) is 43.2 Å². The maximum atomic E-state index is 14.1. The second kappa shape index (κ2) is 25.6. The third-order valence-electron chi connectivity index (χ3n) is 8.72. The number of para-hydroxylation sites is 3. The second-order valence-electron chi connectivity index (χ2n) is 14.1. The molecular weight excluding hydrogens is 823 g/mol. The molecule has 0 heterocycles. The summed E-state index contributed by atoms with van der Waals surface area (Å²) in [5.41, 5.74) is 0.0740. The fraction of sp³-hybridized carbons (Fsp3) is 0.400. The molecule has 63 heavy (non-hydrogen) atoms. The van der Waals surface area contributed by atoms with Crippen molar-refractivity contribution in [3.63, 3.8) is 0 Å². The monoisotopic (exact) mass is 875 g/mol. The first-order valence-electron chi connectivity index (χ1n) is 20.3. The number of esters is 6. The maximum Gasteiger partial charge on any atom is 0.308 e. The van der Waals surface area contributed by atoms with Crippen molar-refractivity contribution >= 4 is 53.5 Å². The van der Waals surface area contributed by atoms with Gasteiger partial charge in [0.25, 0.3) is 17.7 Å². The first kappa shape index (κ1) is 50.2. The summed E-state index contributed by atoms with van der Waals surface area (Å²) in [6, 6.07) is 13.1. The molecule has 18 heteroatoms. The molecule has 0 bridgehead atoms. The molecule has 0 aliphatic carbocycles. The van der Waals surface area contributed by atoms with Gasteiger partial charge in [-0.1, -0.05) is 43.9 Å². The Morgan fingerprint density at radius 3 is 1.03 bits per heavy atom. The van der Waals surface area contributed by atoms with Gasteiger partial charge < -0.3 is 44.0 Å². The molecule has 2 N–H and O–H groups in total. The lowest BCUT2D eigenvalue weighted by molar-refractivity contribution is -0.134. The van der Waals surface area contributed by atoms with Gasteiger partial charge in [-0.05, 0) is 62.1 Å². The first-order valence-corrected chi connectivity index (χ1v) is 20.3. The Morgan fingerprint density at radius 1 is 0.397 bits per heavy atom. The highest BCUT2D eigenvalue weighted by Crippen LogP contribution is 2.34. The van der Waals surface area contributed by atoms with Crippen LogP contribution in [0.4, 0.5) is 0 Å². The standard InChI is InChI=1S/C45H53N3O15/c1-28(49)58-37-21-15-18-34(40(37)61-31(4)52)43(55)46-24-11-7-9-13-26-48(45(57)36-20-17-23-39(60-30(3)51)42(36)63-33(6)54)27-14-10-8-12-25-47-44(56)35-19-16-22-38(59-29(2)50)41(35)62-32(5)53/h15-23H,7-14,24-27H2,1-6H3,(H,46,55)(H,47,56). The number of nitrogens with zero attached hydrogens (tertiary/aromatic N) is 1. The molecule has 18 nitrogen and oxygen atoms in total. The van der Waals surface area contributed by atoms with Crippen molar-refractivity contribution in [1.29, 1.82) is 0 Å². The van der Waals surface area contributed by atoms with E-state index in [1.165, 1.54) is 82.3 Å². The van der Waals surface area contributed by atoms with Crippen LogP contribution >= 0.6 is 0 Å². The third-order valence-corrected chi connectivity index (χ3v) is 8.72. The third kappa shape index (κ3) is 17.1. The van der Waals surface area contributed by atoms with Crippen molar-refractivity contribution in [2.45, 2.75) is 92.9 Å². The van der Waals surface area contributed by atoms with Gasteiger partial charge in [-0.2, -0.15) is 0 Å². The van der Waals surface area contributed by atoms with Crippen LogP contribution < -0.4 is 39.1 Å². The SMILES string of the molecule is CC(=O)Oc1cccc(C(=O)NCCCCCCN(CCCCCCNC(=O)c2cccc(OC(C)=O)c2OC(C)=O)C(=O)c2cccc(OC(C)=O)c2OC(C)=O)c1OC(C)=O. The minimum Gasteiger partial charge on any atom is -0.423 e. The van der Waals surface area contributed by atoms with E-state index in [2.05, 4.69) is 10.6 Å². The van der Waals surface area contributed by atoms with Crippen LogP contribution in [0.1, 0.15) is 124 Å². The number of amides is 3. The van der Waals surface area contributed by atoms with E-state index in [1.807, 2.05) is 0 Å². The Hall–Kier alpha value is -7.11. The Balaban J connectivity index is 1.61. The minimum absolute atomic E-state index is 0.0203. The van der Waals surface area contributed by atoms with Crippen molar-refractivity contribution in [3.05, 3.63) is 71.3 Å². The predicted octanol–water partition coefficient (Wildman–Crippen LogP) is 5.66. The number of ether oxygens (including phenoxy) is 6. The summed E-state index contributed by atoms with van der Waals surface area (Å²) in [5, 5.41) is 5.57. The molecule has 0 spiro atoms. The van der Waals surface area contributed by atoms with E-state index < -0.39 is 53.5 Å². The van der Waals surface area contributed by atoms with E-state index in [0.717, 1.165) is 13.8 Å². The van der Waals surface area contributed by atoms with Crippen LogP contribution in [0.2, 0.25) is 0 Å². The summed E-state index contributed by atoms with van der Waals surface area (Å²) in [4.78, 5) is 112. The van der Waals surface area contributed by atoms with Gasteiger partial charge in [0.15, 0.2) is 34.5 Å². The minimum atomic E-state index is -0.714. The molecule has 0 unspecified atom stereocenters. The summed E-state index contributed by atoms with van der Waals surface area (Å²) in [6.45, 7) is 8.24. The number of hydrogen-bond donors (Lipinski definition) is 2. The molecule has 3 amide bonds. The molecule has 0 saturated carbocycles. The zero-order valence-corrected chi connectivity index (χ0v) is 36.3. The molecule has 0 aliphatic rings. The number of carbonyl (C=O) groups is 9. The number of benzene rings is 3. The molecule has 3 aromatic carbocycles. The Bertz CT molecular complexity index is 2060. The van der Waals surface area contributed by atoms with Crippen LogP contribution in [0.15, 0.2) is 54.6 Å². The smallest absolute Gasteiger partial charge is 0.308 e. The number of hydrogen-bond acceptors (Lipinski definition) is 15. The van der Waals surface area contributed by atoms with Crippen LogP contribution in [-0.4, -0.2) is 84.6 Å². The van der Waals surface area contributed by atoms with Crippen LogP contribution in [0.25, 0.3) is 0 Å². The molecule has 0 radical (unpaired) electrons. The number of unbranched alkanes of at least 4 members (excludes halogenated alkanes) is 6. The fourth-order valence-electron chi connectivity index (χ4n) is 6.17. The molecule has 0 aromatic heterocycles. The normalized spacial score (nSPS) is 10.4. The summed E-state index contributed by atoms with van der Waals surface area (Å²) >= 11 is 0. The van der Waals surface area contributed by atoms with Gasteiger partial charge in [0, 0.05) is 67.7 Å². The highest BCUT2D eigenvalue weighted by Gasteiger charge is 2.25. The summed E-state index contributed by atoms with van der Waals surface area (Å²) in [6.07, 6.45) is 5.00. The van der Waals surface area contributed by atoms with Gasteiger partial charge in [-0.25, -0.2) is 0 Å². The van der Waals surface area contributed by atoms with Crippen molar-refractivity contribution in [2.24, 2.45) is 0 Å². The van der Waals surface area contributed by atoms with Crippen molar-refractivity contribution < 1.29 is 71.6 Å². The largest absolute Gasteiger partial charge is 0.423 e. The molecular formula is C45H53N3O15. The van der Waals surface area contributed by atoms with Gasteiger partial charge in [0.2, 0.25) is 0 Å². The lowest BCUT2D eigenvalue weighted by Crippen LogP contribution is -2.33. The fourth-order valence-corrected chi connectivity index (χ4v) is 6.17. The van der Waals surface area contributed by atoms with Crippen LogP contribution in [0.5, 0.6) is 34.5 Å². The Labute approximate surface area is 364 Å². The van der Waals surface area contributed by atoms with E-state index in [9.17, 15) is 43.2 Å². The zero-order valence-electron chi connectivity index (χ0n) is 36.3. The Kier molecular flexibility index (Phi) is 20.4. The van der Waals surface area contributed by atoms with Gasteiger partial charge >= 0.3 is 35.8 Å². The van der Waals surface area contributed by atoms with Crippen LogP contribution in [-0.2, 0) is 28.8 Å². The van der Waals surface area contributed by atoms with Crippen LogP contribution in [0, 0.1) is 0 Å². The molecule has 0 atom stereocenters. The second-order valence-corrected chi connectivity index (χ2v) is 14.1. The number of rotatable bonds is 23. The quantitative estimate of drug-likeness (QED) is 0.0664. The van der Waals surface area contributed by atoms with Crippen molar-refractivity contribution in [3.8, 4) is 34.5 Å². The lowest BCUT2D eigenvalue weighted by Gasteiger charge is -2.24. The average molecular weight is 876 g/mol. The van der Waals surface area contributed by atoms with E-state index in [4.69, 9.17) is 28.4 Å². The molecule has 0 saturated heterocycles. The van der Waals surface area contributed by atoms with Crippen molar-refractivity contribution in [1.82, 2.24) is 15.5 Å². The van der Waals surface area contributed by atoms with Crippen LogP contribution in [0.3, 0.4) is 0 Å². The van der Waals surface area contributed by atoms with Gasteiger partial charge in [0.05, 0.1) is 16.7 Å². The van der Waals surface area contributed by atoms with E-state index in [0.29, 0.717) is 64.5 Å². The van der Waals surface area contributed by atoms with E-state index >= 15 is 0 Å². The molecule has 338 valence electrons. The molecule has 3 rings (SSSR count). The Morgan fingerprint density at radius 2 is 0.698 bits per heavy atom. The highest BCUT2D eigenvalue weighted by atomic mass is 16.6. The van der Waals surface area contributed by atoms with Gasteiger partial charge in [0.1, 0.15) is 0 Å². The summed E-state index contributed by atoms with van der Waals surface area (Å²) in [7, 11) is 0. The summed E-state index contributed by atoms with van der Waals surface area (Å²) < 4.78 is 31.2.